The molecule has 122 valence electrons. The minimum Gasteiger partial charge on any atom is -0.353 e. The molecule has 0 aliphatic rings. The summed E-state index contributed by atoms with van der Waals surface area (Å²) in [5.41, 5.74) is 1.44. The van der Waals surface area contributed by atoms with Crippen LogP contribution in [0.1, 0.15) is 13.3 Å². The maximum atomic E-state index is 12.2. The first-order chi connectivity index (χ1) is 10.1. The Hall–Kier alpha value is -1.79. The second-order valence-corrected chi connectivity index (χ2v) is 5.02. The van der Waals surface area contributed by atoms with E-state index in [0.717, 1.165) is 30.5 Å². The minimum atomic E-state index is -0.171. The Kier molecular flexibility index (Phi) is 7.14. The third kappa shape index (κ3) is 4.11. The molecule has 0 bridgehead atoms. The van der Waals surface area contributed by atoms with Crippen molar-refractivity contribution in [2.75, 3.05) is 19.6 Å². The van der Waals surface area contributed by atoms with E-state index in [1.165, 1.54) is 4.57 Å². The maximum Gasteiger partial charge on any atom is 0.329 e. The third-order valence-electron chi connectivity index (χ3n) is 3.40. The van der Waals surface area contributed by atoms with Gasteiger partial charge in [0.25, 0.3) is 0 Å². The Morgan fingerprint density at radius 3 is 2.50 bits per heavy atom. The molecule has 6 nitrogen and oxygen atoms in total. The van der Waals surface area contributed by atoms with Crippen LogP contribution >= 0.6 is 12.4 Å². The molecule has 0 fully saturated rings. The molecule has 22 heavy (non-hydrogen) atoms. The molecule has 0 spiro atoms. The lowest BCUT2D eigenvalue weighted by atomic mass is 10.3. The highest BCUT2D eigenvalue weighted by molar-refractivity contribution is 5.85. The van der Waals surface area contributed by atoms with E-state index in [1.807, 2.05) is 24.3 Å². The average Bonchev–Trinajstić information content (AvgIpc) is 2.73. The van der Waals surface area contributed by atoms with Gasteiger partial charge in [-0.05, 0) is 25.1 Å². The van der Waals surface area contributed by atoms with E-state index in [4.69, 9.17) is 0 Å². The predicted octanol–water partition coefficient (Wildman–Crippen LogP) is 0.878. The van der Waals surface area contributed by atoms with E-state index in [9.17, 15) is 9.59 Å². The second kappa shape index (κ2) is 8.60. The quantitative estimate of drug-likeness (QED) is 0.742. The Labute approximate surface area is 135 Å². The molecule has 1 amide bonds. The number of halogens is 1. The lowest BCUT2D eigenvalue weighted by Gasteiger charge is -2.07. The molecule has 7 heteroatoms. The van der Waals surface area contributed by atoms with E-state index in [1.54, 1.807) is 11.6 Å². The average molecular weight is 327 g/mol. The standard InChI is InChI=1S/C15H22N4O2.ClH/c1-3-8-16-9-10-17-14(20)11-19-13-7-5-4-6-12(13)18(2)15(19)21;/h4-7,16H,3,8-11H2,1-2H3,(H,17,20);1H. The van der Waals surface area contributed by atoms with Gasteiger partial charge in [0, 0.05) is 20.1 Å². The van der Waals surface area contributed by atoms with Crippen LogP contribution in [-0.4, -0.2) is 34.7 Å². The molecule has 1 heterocycles. The highest BCUT2D eigenvalue weighted by Crippen LogP contribution is 2.10. The molecule has 0 aliphatic carbocycles. The fourth-order valence-corrected chi connectivity index (χ4v) is 2.31. The summed E-state index contributed by atoms with van der Waals surface area (Å²) in [6.07, 6.45) is 1.07. The lowest BCUT2D eigenvalue weighted by molar-refractivity contribution is -0.121. The van der Waals surface area contributed by atoms with Crippen molar-refractivity contribution in [2.24, 2.45) is 7.05 Å². The van der Waals surface area contributed by atoms with E-state index in [0.29, 0.717) is 6.54 Å². The highest BCUT2D eigenvalue weighted by Gasteiger charge is 2.12. The van der Waals surface area contributed by atoms with Crippen LogP contribution in [-0.2, 0) is 18.4 Å². The summed E-state index contributed by atoms with van der Waals surface area (Å²) in [5.74, 6) is -0.147. The molecule has 0 unspecified atom stereocenters. The third-order valence-corrected chi connectivity index (χ3v) is 3.40. The summed E-state index contributed by atoms with van der Waals surface area (Å²) < 4.78 is 3.07. The van der Waals surface area contributed by atoms with Crippen LogP contribution in [0.2, 0.25) is 0 Å². The summed E-state index contributed by atoms with van der Waals surface area (Å²) in [4.78, 5) is 24.1. The molecule has 2 rings (SSSR count). The fraction of sp³-hybridized carbons (Fsp3) is 0.467. The number of hydrogen-bond donors (Lipinski definition) is 2. The number of aromatic nitrogens is 2. The molecule has 2 aromatic rings. The molecule has 0 saturated heterocycles. The van der Waals surface area contributed by atoms with Gasteiger partial charge in [-0.25, -0.2) is 4.79 Å². The van der Waals surface area contributed by atoms with Gasteiger partial charge < -0.3 is 10.6 Å². The Bertz CT molecular complexity index is 678. The molecule has 0 atom stereocenters. The summed E-state index contributed by atoms with van der Waals surface area (Å²) in [5, 5.41) is 6.03. The number of imidazole rings is 1. The normalized spacial score (nSPS) is 10.5. The van der Waals surface area contributed by atoms with Gasteiger partial charge in [0.05, 0.1) is 11.0 Å². The van der Waals surface area contributed by atoms with Gasteiger partial charge in [0.2, 0.25) is 5.91 Å². The number of carbonyl (C=O) groups is 1. The Morgan fingerprint density at radius 1 is 1.14 bits per heavy atom. The van der Waals surface area contributed by atoms with Crippen LogP contribution in [0.15, 0.2) is 29.1 Å². The number of aryl methyl sites for hydroxylation is 1. The van der Waals surface area contributed by atoms with Crippen molar-refractivity contribution in [2.45, 2.75) is 19.9 Å². The van der Waals surface area contributed by atoms with Gasteiger partial charge in [0.15, 0.2) is 0 Å². The van der Waals surface area contributed by atoms with Gasteiger partial charge in [0.1, 0.15) is 6.54 Å². The largest absolute Gasteiger partial charge is 0.353 e. The topological polar surface area (TPSA) is 68.1 Å². The van der Waals surface area contributed by atoms with E-state index in [-0.39, 0.29) is 30.5 Å². The van der Waals surface area contributed by atoms with E-state index >= 15 is 0 Å². The molecule has 0 aliphatic heterocycles. The Balaban J connectivity index is 0.00000242. The first-order valence-corrected chi connectivity index (χ1v) is 7.26. The lowest BCUT2D eigenvalue weighted by Crippen LogP contribution is -2.36. The molecule has 0 radical (unpaired) electrons. The summed E-state index contributed by atoms with van der Waals surface area (Å²) in [6, 6.07) is 7.48. The molecule has 0 saturated carbocycles. The zero-order valence-corrected chi connectivity index (χ0v) is 13.8. The van der Waals surface area contributed by atoms with Crippen LogP contribution in [0.3, 0.4) is 0 Å². The fourth-order valence-electron chi connectivity index (χ4n) is 2.31. The number of para-hydroxylation sites is 2. The summed E-state index contributed by atoms with van der Waals surface area (Å²) >= 11 is 0. The van der Waals surface area contributed by atoms with E-state index < -0.39 is 0 Å². The van der Waals surface area contributed by atoms with Gasteiger partial charge in [-0.2, -0.15) is 0 Å². The van der Waals surface area contributed by atoms with Gasteiger partial charge in [-0.3, -0.25) is 13.9 Å². The zero-order chi connectivity index (χ0) is 15.2. The van der Waals surface area contributed by atoms with Crippen molar-refractivity contribution in [1.82, 2.24) is 19.8 Å². The number of benzene rings is 1. The number of nitrogens with zero attached hydrogens (tertiary/aromatic N) is 2. The SMILES string of the molecule is CCCNCCNC(=O)Cn1c(=O)n(C)c2ccccc21.Cl. The first kappa shape index (κ1) is 18.3. The number of amides is 1. The maximum absolute atomic E-state index is 12.2. The molecular formula is C15H23ClN4O2. The number of carbonyl (C=O) groups excluding carboxylic acids is 1. The zero-order valence-electron chi connectivity index (χ0n) is 13.0. The van der Waals surface area contributed by atoms with Crippen LogP contribution in [0.25, 0.3) is 11.0 Å². The minimum absolute atomic E-state index is 0. The van der Waals surface area contributed by atoms with Crippen molar-refractivity contribution >= 4 is 29.3 Å². The van der Waals surface area contributed by atoms with Crippen molar-refractivity contribution in [3.05, 3.63) is 34.7 Å². The number of fused-ring (bicyclic) bond motifs is 1. The highest BCUT2D eigenvalue weighted by atomic mass is 35.5. The first-order valence-electron chi connectivity index (χ1n) is 7.26. The summed E-state index contributed by atoms with van der Waals surface area (Å²) in [7, 11) is 1.72. The predicted molar refractivity (Wildman–Crippen MR) is 90.6 cm³/mol. The smallest absolute Gasteiger partial charge is 0.329 e. The number of rotatable bonds is 7. The van der Waals surface area contributed by atoms with Crippen LogP contribution in [0, 0.1) is 0 Å². The van der Waals surface area contributed by atoms with Crippen LogP contribution in [0.4, 0.5) is 0 Å². The number of hydrogen-bond acceptors (Lipinski definition) is 3. The monoisotopic (exact) mass is 326 g/mol. The van der Waals surface area contributed by atoms with Gasteiger partial charge in [-0.15, -0.1) is 12.4 Å². The van der Waals surface area contributed by atoms with Crippen LogP contribution < -0.4 is 16.3 Å². The van der Waals surface area contributed by atoms with Gasteiger partial charge >= 0.3 is 5.69 Å². The van der Waals surface area contributed by atoms with E-state index in [2.05, 4.69) is 17.6 Å². The second-order valence-electron chi connectivity index (χ2n) is 5.02. The molecule has 1 aromatic heterocycles. The van der Waals surface area contributed by atoms with Gasteiger partial charge in [-0.1, -0.05) is 19.1 Å². The van der Waals surface area contributed by atoms with Crippen molar-refractivity contribution < 1.29 is 4.79 Å². The van der Waals surface area contributed by atoms with Crippen molar-refractivity contribution in [1.29, 1.82) is 0 Å². The Morgan fingerprint density at radius 2 is 1.82 bits per heavy atom. The van der Waals surface area contributed by atoms with Crippen LogP contribution in [0.5, 0.6) is 0 Å². The number of nitrogens with one attached hydrogen (secondary N) is 2. The van der Waals surface area contributed by atoms with Crippen molar-refractivity contribution in [3.63, 3.8) is 0 Å². The van der Waals surface area contributed by atoms with Crippen molar-refractivity contribution in [3.8, 4) is 0 Å². The molecule has 1 aromatic carbocycles. The molecule has 2 N–H and O–H groups in total. The summed E-state index contributed by atoms with van der Waals surface area (Å²) in [6.45, 7) is 4.40. The molecular weight excluding hydrogens is 304 g/mol.